The molecule has 0 saturated carbocycles. The van der Waals surface area contributed by atoms with Gasteiger partial charge < -0.3 is 4.74 Å². The van der Waals surface area contributed by atoms with Crippen LogP contribution in [0.1, 0.15) is 35.7 Å². The molecule has 1 rings (SSSR count). The summed E-state index contributed by atoms with van der Waals surface area (Å²) in [6, 6.07) is 2.78. The number of methoxy groups -OCH3 is 1. The Kier molecular flexibility index (Phi) is 3.23. The van der Waals surface area contributed by atoms with Crippen molar-refractivity contribution in [3.8, 4) is 5.75 Å². The molecule has 3 heteroatoms. The maximum atomic E-state index is 13.4. The van der Waals surface area contributed by atoms with E-state index in [2.05, 4.69) is 0 Å². The van der Waals surface area contributed by atoms with Gasteiger partial charge in [0.1, 0.15) is 11.6 Å². The van der Waals surface area contributed by atoms with E-state index in [4.69, 9.17) is 4.74 Å². The minimum absolute atomic E-state index is 0.0737. The summed E-state index contributed by atoms with van der Waals surface area (Å²) in [6.07, 6.45) is 0.589. The van der Waals surface area contributed by atoms with E-state index >= 15 is 0 Å². The predicted octanol–water partition coefficient (Wildman–Crippen LogP) is 2.77. The largest absolute Gasteiger partial charge is 0.496 e. The summed E-state index contributed by atoms with van der Waals surface area (Å²) in [7, 11) is 1.46. The molecule has 0 fully saturated rings. The van der Waals surface area contributed by atoms with Crippen molar-refractivity contribution in [2.24, 2.45) is 0 Å². The molecule has 2 nitrogen and oxygen atoms in total. The molecule has 0 atom stereocenters. The lowest BCUT2D eigenvalue weighted by Crippen LogP contribution is -1.98. The van der Waals surface area contributed by atoms with Crippen LogP contribution in [-0.2, 0) is 0 Å². The highest BCUT2D eigenvalue weighted by Gasteiger charge is 2.12. The molecule has 0 unspecified atom stereocenters. The first kappa shape index (κ1) is 10.7. The maximum Gasteiger partial charge on any atom is 0.153 e. The fourth-order valence-corrected chi connectivity index (χ4v) is 1.30. The third kappa shape index (κ3) is 1.92. The molecular weight excluding hydrogens is 183 g/mol. The van der Waals surface area contributed by atoms with Crippen molar-refractivity contribution in [3.63, 3.8) is 0 Å². The second-order valence-electron chi connectivity index (χ2n) is 3.39. The Bertz CT molecular complexity index is 345. The summed E-state index contributed by atoms with van der Waals surface area (Å²) in [5, 5.41) is 0. The molecule has 76 valence electrons. The van der Waals surface area contributed by atoms with E-state index in [1.54, 1.807) is 6.07 Å². The first-order valence-corrected chi connectivity index (χ1v) is 4.42. The zero-order valence-electron chi connectivity index (χ0n) is 8.50. The highest BCUT2D eigenvalue weighted by Crippen LogP contribution is 2.26. The lowest BCUT2D eigenvalue weighted by molar-refractivity contribution is 0.112. The molecule has 0 aliphatic rings. The zero-order chi connectivity index (χ0) is 10.7. The summed E-state index contributed by atoms with van der Waals surface area (Å²) >= 11 is 0. The summed E-state index contributed by atoms with van der Waals surface area (Å²) in [5.41, 5.74) is 0.807. The number of ether oxygens (including phenoxy) is 1. The standard InChI is InChI=1S/C11H13FO2/c1-7(2)9-5-11(14-3)8(6-13)4-10(9)12/h4-7H,1-3H3. The second kappa shape index (κ2) is 4.22. The average Bonchev–Trinajstić information content (AvgIpc) is 2.16. The number of aldehydes is 1. The third-order valence-corrected chi connectivity index (χ3v) is 2.10. The summed E-state index contributed by atoms with van der Waals surface area (Å²) < 4.78 is 18.4. The molecule has 0 aliphatic carbocycles. The molecule has 0 aliphatic heterocycles. The molecule has 0 amide bonds. The van der Waals surface area contributed by atoms with Gasteiger partial charge in [-0.25, -0.2) is 4.39 Å². The van der Waals surface area contributed by atoms with Crippen LogP contribution in [-0.4, -0.2) is 13.4 Å². The molecule has 0 spiro atoms. The molecule has 0 bridgehead atoms. The lowest BCUT2D eigenvalue weighted by Gasteiger charge is -2.10. The van der Waals surface area contributed by atoms with Gasteiger partial charge in [0.25, 0.3) is 0 Å². The van der Waals surface area contributed by atoms with E-state index < -0.39 is 0 Å². The molecule has 1 aromatic carbocycles. The summed E-state index contributed by atoms with van der Waals surface area (Å²) in [4.78, 5) is 10.6. The molecule has 0 saturated heterocycles. The van der Waals surface area contributed by atoms with Crippen molar-refractivity contribution < 1.29 is 13.9 Å². The van der Waals surface area contributed by atoms with Gasteiger partial charge in [-0.3, -0.25) is 4.79 Å². The van der Waals surface area contributed by atoms with Crippen LogP contribution in [0.3, 0.4) is 0 Å². The fraction of sp³-hybridized carbons (Fsp3) is 0.364. The number of rotatable bonds is 3. The molecule has 0 aromatic heterocycles. The van der Waals surface area contributed by atoms with Crippen LogP contribution >= 0.6 is 0 Å². The van der Waals surface area contributed by atoms with Crippen LogP contribution in [0, 0.1) is 5.82 Å². The van der Waals surface area contributed by atoms with Crippen LogP contribution in [0.15, 0.2) is 12.1 Å². The van der Waals surface area contributed by atoms with Gasteiger partial charge in [-0.2, -0.15) is 0 Å². The van der Waals surface area contributed by atoms with E-state index in [1.807, 2.05) is 13.8 Å². The Balaban J connectivity index is 3.30. The normalized spacial score (nSPS) is 10.4. The Labute approximate surface area is 82.7 Å². The number of carbonyl (C=O) groups is 1. The van der Waals surface area contributed by atoms with E-state index in [0.29, 0.717) is 17.6 Å². The monoisotopic (exact) mass is 196 g/mol. The van der Waals surface area contributed by atoms with Crippen molar-refractivity contribution in [1.82, 2.24) is 0 Å². The first-order chi connectivity index (χ1) is 6.60. The van der Waals surface area contributed by atoms with Gasteiger partial charge in [0.2, 0.25) is 0 Å². The molecule has 14 heavy (non-hydrogen) atoms. The Morgan fingerprint density at radius 2 is 2.07 bits per heavy atom. The average molecular weight is 196 g/mol. The van der Waals surface area contributed by atoms with Crippen molar-refractivity contribution in [2.75, 3.05) is 7.11 Å². The Morgan fingerprint density at radius 1 is 1.43 bits per heavy atom. The van der Waals surface area contributed by atoms with E-state index in [-0.39, 0.29) is 17.3 Å². The molecular formula is C11H13FO2. The highest BCUT2D eigenvalue weighted by molar-refractivity contribution is 5.79. The number of hydrogen-bond donors (Lipinski definition) is 0. The number of carbonyl (C=O) groups excluding carboxylic acids is 1. The van der Waals surface area contributed by atoms with E-state index in [0.717, 1.165) is 0 Å². The molecule has 0 heterocycles. The summed E-state index contributed by atoms with van der Waals surface area (Å²) in [5.74, 6) is 0.137. The fourth-order valence-electron chi connectivity index (χ4n) is 1.30. The van der Waals surface area contributed by atoms with Crippen LogP contribution < -0.4 is 4.74 Å². The summed E-state index contributed by atoms with van der Waals surface area (Å²) in [6.45, 7) is 3.77. The van der Waals surface area contributed by atoms with E-state index in [9.17, 15) is 9.18 Å². The zero-order valence-corrected chi connectivity index (χ0v) is 8.50. The van der Waals surface area contributed by atoms with Crippen molar-refractivity contribution in [1.29, 1.82) is 0 Å². The molecule has 0 radical (unpaired) electrons. The van der Waals surface area contributed by atoms with Crippen molar-refractivity contribution in [2.45, 2.75) is 19.8 Å². The van der Waals surface area contributed by atoms with Gasteiger partial charge in [-0.05, 0) is 23.6 Å². The molecule has 1 aromatic rings. The van der Waals surface area contributed by atoms with Gasteiger partial charge >= 0.3 is 0 Å². The van der Waals surface area contributed by atoms with Gasteiger partial charge in [0.15, 0.2) is 6.29 Å². The van der Waals surface area contributed by atoms with Gasteiger partial charge in [0, 0.05) is 0 Å². The van der Waals surface area contributed by atoms with Crippen molar-refractivity contribution in [3.05, 3.63) is 29.1 Å². The van der Waals surface area contributed by atoms with Gasteiger partial charge in [-0.15, -0.1) is 0 Å². The predicted molar refractivity (Wildman–Crippen MR) is 52.4 cm³/mol. The SMILES string of the molecule is COc1cc(C(C)C)c(F)cc1C=O. The molecule has 0 N–H and O–H groups in total. The maximum absolute atomic E-state index is 13.4. The second-order valence-corrected chi connectivity index (χ2v) is 3.39. The van der Waals surface area contributed by atoms with Crippen LogP contribution in [0.25, 0.3) is 0 Å². The minimum atomic E-state index is -0.358. The van der Waals surface area contributed by atoms with E-state index in [1.165, 1.54) is 13.2 Å². The quantitative estimate of drug-likeness (QED) is 0.695. The van der Waals surface area contributed by atoms with Crippen molar-refractivity contribution >= 4 is 6.29 Å². The van der Waals surface area contributed by atoms with Crippen LogP contribution in [0.4, 0.5) is 4.39 Å². The Hall–Kier alpha value is -1.38. The number of halogens is 1. The third-order valence-electron chi connectivity index (χ3n) is 2.10. The van der Waals surface area contributed by atoms with Gasteiger partial charge in [0.05, 0.1) is 12.7 Å². The first-order valence-electron chi connectivity index (χ1n) is 4.42. The van der Waals surface area contributed by atoms with Crippen LogP contribution in [0.2, 0.25) is 0 Å². The smallest absolute Gasteiger partial charge is 0.153 e. The topological polar surface area (TPSA) is 26.3 Å². The Morgan fingerprint density at radius 3 is 2.50 bits per heavy atom. The lowest BCUT2D eigenvalue weighted by atomic mass is 10.0. The number of benzene rings is 1. The minimum Gasteiger partial charge on any atom is -0.496 e. The van der Waals surface area contributed by atoms with Gasteiger partial charge in [-0.1, -0.05) is 13.8 Å². The van der Waals surface area contributed by atoms with Crippen LogP contribution in [0.5, 0.6) is 5.75 Å². The number of hydrogen-bond acceptors (Lipinski definition) is 2. The highest BCUT2D eigenvalue weighted by atomic mass is 19.1.